The van der Waals surface area contributed by atoms with Gasteiger partial charge in [-0.2, -0.15) is 0 Å². The summed E-state index contributed by atoms with van der Waals surface area (Å²) in [5.41, 5.74) is 1.74. The Labute approximate surface area is 164 Å². The number of pyridine rings is 1. The number of nitrogens with zero attached hydrogens (tertiary/aromatic N) is 4. The molecule has 6 nitrogen and oxygen atoms in total. The SMILES string of the molecule is CN=C(NCc1ccc(-n2ccnc2)nc1)NCC(C)(C)c1cccc(F)c1. The van der Waals surface area contributed by atoms with Crippen LogP contribution in [0.3, 0.4) is 0 Å². The van der Waals surface area contributed by atoms with Crippen molar-refractivity contribution in [3.8, 4) is 5.82 Å². The van der Waals surface area contributed by atoms with Crippen molar-refractivity contribution in [3.05, 3.63) is 78.3 Å². The van der Waals surface area contributed by atoms with Crippen LogP contribution in [-0.2, 0) is 12.0 Å². The van der Waals surface area contributed by atoms with Gasteiger partial charge in [-0.1, -0.05) is 32.0 Å². The second-order valence-corrected chi connectivity index (χ2v) is 7.17. The Balaban J connectivity index is 1.54. The maximum atomic E-state index is 13.5. The first-order valence-electron chi connectivity index (χ1n) is 9.12. The van der Waals surface area contributed by atoms with Crippen LogP contribution in [0.2, 0.25) is 0 Å². The predicted octanol–water partition coefficient (Wildman–Crippen LogP) is 3.05. The first-order chi connectivity index (χ1) is 13.5. The third-order valence-electron chi connectivity index (χ3n) is 4.57. The summed E-state index contributed by atoms with van der Waals surface area (Å²) >= 11 is 0. The first-order valence-corrected chi connectivity index (χ1v) is 9.12. The molecule has 0 aliphatic heterocycles. The number of aromatic nitrogens is 3. The topological polar surface area (TPSA) is 67.1 Å². The largest absolute Gasteiger partial charge is 0.356 e. The molecule has 2 heterocycles. The molecule has 0 amide bonds. The van der Waals surface area contributed by atoms with Crippen molar-refractivity contribution in [1.29, 1.82) is 0 Å². The number of guanidine groups is 1. The number of aliphatic imine (C=N–C) groups is 1. The molecule has 0 atom stereocenters. The summed E-state index contributed by atoms with van der Waals surface area (Å²) in [6.45, 7) is 5.35. The van der Waals surface area contributed by atoms with Gasteiger partial charge in [0.2, 0.25) is 0 Å². The summed E-state index contributed by atoms with van der Waals surface area (Å²) in [6, 6.07) is 10.7. The Hall–Kier alpha value is -3.22. The van der Waals surface area contributed by atoms with Crippen molar-refractivity contribution in [1.82, 2.24) is 25.2 Å². The van der Waals surface area contributed by atoms with E-state index in [9.17, 15) is 4.39 Å². The highest BCUT2D eigenvalue weighted by Crippen LogP contribution is 2.22. The zero-order chi connectivity index (χ0) is 20.0. The minimum absolute atomic E-state index is 0.222. The molecule has 0 fully saturated rings. The molecule has 0 unspecified atom stereocenters. The van der Waals surface area contributed by atoms with Gasteiger partial charge in [-0.3, -0.25) is 9.56 Å². The molecule has 28 heavy (non-hydrogen) atoms. The summed E-state index contributed by atoms with van der Waals surface area (Å²) in [5.74, 6) is 1.28. The summed E-state index contributed by atoms with van der Waals surface area (Å²) in [7, 11) is 1.73. The average Bonchev–Trinajstić information content (AvgIpc) is 3.23. The molecule has 0 aliphatic rings. The molecule has 0 saturated heterocycles. The predicted molar refractivity (Wildman–Crippen MR) is 109 cm³/mol. The summed E-state index contributed by atoms with van der Waals surface area (Å²) in [5, 5.41) is 6.60. The molecule has 0 spiro atoms. The van der Waals surface area contributed by atoms with Crippen LogP contribution in [0.4, 0.5) is 4.39 Å². The Morgan fingerprint density at radius 3 is 2.71 bits per heavy atom. The lowest BCUT2D eigenvalue weighted by molar-refractivity contribution is 0.503. The van der Waals surface area contributed by atoms with E-state index in [0.29, 0.717) is 19.0 Å². The van der Waals surface area contributed by atoms with E-state index in [1.165, 1.54) is 6.07 Å². The highest BCUT2D eigenvalue weighted by atomic mass is 19.1. The van der Waals surface area contributed by atoms with Crippen molar-refractivity contribution in [2.45, 2.75) is 25.8 Å². The molecule has 3 rings (SSSR count). The standard InChI is InChI=1S/C21H25FN6/c1-21(2,17-5-4-6-18(22)11-17)14-27-20(23-3)26-13-16-7-8-19(25-12-16)28-10-9-24-15-28/h4-12,15H,13-14H2,1-3H3,(H2,23,26,27). The molecule has 0 radical (unpaired) electrons. The number of nitrogens with one attached hydrogen (secondary N) is 2. The van der Waals surface area contributed by atoms with Crippen LogP contribution in [-0.4, -0.2) is 34.1 Å². The number of benzene rings is 1. The van der Waals surface area contributed by atoms with Gasteiger partial charge in [0.15, 0.2) is 5.96 Å². The molecule has 7 heteroatoms. The van der Waals surface area contributed by atoms with E-state index in [1.807, 2.05) is 35.2 Å². The average molecular weight is 380 g/mol. The monoisotopic (exact) mass is 380 g/mol. The maximum Gasteiger partial charge on any atom is 0.191 e. The van der Waals surface area contributed by atoms with E-state index >= 15 is 0 Å². The molecule has 1 aromatic carbocycles. The van der Waals surface area contributed by atoms with Crippen LogP contribution in [0.15, 0.2) is 66.3 Å². The van der Waals surface area contributed by atoms with Gasteiger partial charge in [0, 0.05) is 44.1 Å². The second kappa shape index (κ2) is 8.65. The molecule has 2 aromatic heterocycles. The Morgan fingerprint density at radius 1 is 1.21 bits per heavy atom. The van der Waals surface area contributed by atoms with Crippen LogP contribution in [0, 0.1) is 5.82 Å². The van der Waals surface area contributed by atoms with Gasteiger partial charge in [0.1, 0.15) is 18.0 Å². The van der Waals surface area contributed by atoms with Crippen molar-refractivity contribution < 1.29 is 4.39 Å². The highest BCUT2D eigenvalue weighted by molar-refractivity contribution is 5.79. The van der Waals surface area contributed by atoms with Crippen molar-refractivity contribution in [2.75, 3.05) is 13.6 Å². The van der Waals surface area contributed by atoms with Gasteiger partial charge < -0.3 is 10.6 Å². The maximum absolute atomic E-state index is 13.5. The Morgan fingerprint density at radius 2 is 2.07 bits per heavy atom. The Kier molecular flexibility index (Phi) is 6.03. The minimum Gasteiger partial charge on any atom is -0.356 e. The quantitative estimate of drug-likeness (QED) is 0.510. The molecular weight excluding hydrogens is 355 g/mol. The van der Waals surface area contributed by atoms with Gasteiger partial charge in [0.05, 0.1) is 0 Å². The van der Waals surface area contributed by atoms with Crippen LogP contribution in [0.25, 0.3) is 5.82 Å². The number of imidazole rings is 1. The molecule has 0 bridgehead atoms. The van der Waals surface area contributed by atoms with Gasteiger partial charge in [-0.15, -0.1) is 0 Å². The molecule has 0 saturated carbocycles. The van der Waals surface area contributed by atoms with E-state index in [4.69, 9.17) is 0 Å². The lowest BCUT2D eigenvalue weighted by Gasteiger charge is -2.27. The van der Waals surface area contributed by atoms with Crippen LogP contribution < -0.4 is 10.6 Å². The van der Waals surface area contributed by atoms with Gasteiger partial charge >= 0.3 is 0 Å². The lowest BCUT2D eigenvalue weighted by atomic mass is 9.84. The van der Waals surface area contributed by atoms with Gasteiger partial charge in [-0.05, 0) is 29.3 Å². The van der Waals surface area contributed by atoms with E-state index in [0.717, 1.165) is 16.9 Å². The number of hydrogen-bond acceptors (Lipinski definition) is 3. The van der Waals surface area contributed by atoms with Gasteiger partial charge in [-0.25, -0.2) is 14.4 Å². The van der Waals surface area contributed by atoms with Crippen molar-refractivity contribution in [2.24, 2.45) is 4.99 Å². The van der Waals surface area contributed by atoms with Crippen LogP contribution in [0.1, 0.15) is 25.0 Å². The van der Waals surface area contributed by atoms with Crippen LogP contribution in [0.5, 0.6) is 0 Å². The fourth-order valence-electron chi connectivity index (χ4n) is 2.79. The van der Waals surface area contributed by atoms with Crippen molar-refractivity contribution in [3.63, 3.8) is 0 Å². The van der Waals surface area contributed by atoms with Crippen molar-refractivity contribution >= 4 is 5.96 Å². The summed E-state index contributed by atoms with van der Waals surface area (Å²) in [4.78, 5) is 12.7. The second-order valence-electron chi connectivity index (χ2n) is 7.17. The van der Waals surface area contributed by atoms with E-state index in [-0.39, 0.29) is 11.2 Å². The zero-order valence-electron chi connectivity index (χ0n) is 16.4. The Bertz CT molecular complexity index is 916. The van der Waals surface area contributed by atoms with Crippen LogP contribution >= 0.6 is 0 Å². The highest BCUT2D eigenvalue weighted by Gasteiger charge is 2.21. The fourth-order valence-corrected chi connectivity index (χ4v) is 2.79. The third kappa shape index (κ3) is 4.94. The number of halogens is 1. The smallest absolute Gasteiger partial charge is 0.191 e. The number of hydrogen-bond donors (Lipinski definition) is 2. The van der Waals surface area contributed by atoms with E-state index < -0.39 is 0 Å². The number of rotatable bonds is 6. The minimum atomic E-state index is -0.242. The fraction of sp³-hybridized carbons (Fsp3) is 0.286. The molecule has 2 N–H and O–H groups in total. The molecule has 3 aromatic rings. The van der Waals surface area contributed by atoms with E-state index in [1.54, 1.807) is 31.7 Å². The zero-order valence-corrected chi connectivity index (χ0v) is 16.4. The molecular formula is C21H25FN6. The first kappa shape index (κ1) is 19.5. The van der Waals surface area contributed by atoms with E-state index in [2.05, 4.69) is 39.4 Å². The normalized spacial score (nSPS) is 12.1. The summed E-state index contributed by atoms with van der Waals surface area (Å²) < 4.78 is 15.4. The summed E-state index contributed by atoms with van der Waals surface area (Å²) in [6.07, 6.45) is 7.11. The lowest BCUT2D eigenvalue weighted by Crippen LogP contribution is -2.43. The molecule has 0 aliphatic carbocycles. The molecule has 146 valence electrons. The van der Waals surface area contributed by atoms with Gasteiger partial charge in [0.25, 0.3) is 0 Å². The third-order valence-corrected chi connectivity index (χ3v) is 4.57.